The maximum Gasteiger partial charge on any atom is 0.170 e. The molecule has 4 nitrogen and oxygen atoms in total. The Labute approximate surface area is 129 Å². The van der Waals surface area contributed by atoms with Crippen molar-refractivity contribution in [3.8, 4) is 0 Å². The molecule has 0 aromatic heterocycles. The van der Waals surface area contributed by atoms with Crippen molar-refractivity contribution in [2.75, 3.05) is 32.8 Å². The molecule has 0 bridgehead atoms. The third-order valence-corrected chi connectivity index (χ3v) is 5.72. The minimum absolute atomic E-state index is 0.274. The number of likely N-dealkylation sites (tertiary alicyclic amines) is 1. The Morgan fingerprint density at radius 2 is 1.76 bits per heavy atom. The quantitative estimate of drug-likeness (QED) is 0.867. The van der Waals surface area contributed by atoms with Crippen molar-refractivity contribution in [3.05, 3.63) is 0 Å². The molecule has 2 unspecified atom stereocenters. The molecule has 1 saturated carbocycles. The average molecular weight is 296 g/mol. The molecule has 0 aromatic carbocycles. The van der Waals surface area contributed by atoms with Gasteiger partial charge in [-0.15, -0.1) is 0 Å². The number of ether oxygens (including phenoxy) is 2. The van der Waals surface area contributed by atoms with E-state index in [1.807, 2.05) is 0 Å². The lowest BCUT2D eigenvalue weighted by Gasteiger charge is -2.49. The van der Waals surface area contributed by atoms with E-state index in [-0.39, 0.29) is 5.79 Å². The zero-order valence-corrected chi connectivity index (χ0v) is 14.0. The number of likely N-dealkylation sites (N-methyl/N-ethyl adjacent to an activating group) is 1. The molecule has 1 spiro atoms. The van der Waals surface area contributed by atoms with Gasteiger partial charge in [-0.05, 0) is 44.3 Å². The first kappa shape index (κ1) is 15.7. The first-order valence-corrected chi connectivity index (χ1v) is 8.79. The average Bonchev–Trinajstić information content (AvgIpc) is 2.90. The minimum atomic E-state index is -0.274. The van der Waals surface area contributed by atoms with E-state index in [9.17, 15) is 0 Å². The topological polar surface area (TPSA) is 33.7 Å². The van der Waals surface area contributed by atoms with Crippen LogP contribution in [0.3, 0.4) is 0 Å². The summed E-state index contributed by atoms with van der Waals surface area (Å²) in [6, 6.07) is 1.16. The van der Waals surface area contributed by atoms with Crippen LogP contribution >= 0.6 is 0 Å². The van der Waals surface area contributed by atoms with Gasteiger partial charge in [0.15, 0.2) is 5.79 Å². The summed E-state index contributed by atoms with van der Waals surface area (Å²) < 4.78 is 12.0. The number of nitrogens with one attached hydrogen (secondary N) is 1. The predicted octanol–water partition coefficient (Wildman–Crippen LogP) is 2.38. The van der Waals surface area contributed by atoms with Crippen LogP contribution in [-0.2, 0) is 9.47 Å². The number of piperidine rings is 1. The van der Waals surface area contributed by atoms with Crippen LogP contribution in [0, 0.1) is 5.41 Å². The Hall–Kier alpha value is -0.160. The zero-order chi connectivity index (χ0) is 14.9. The minimum Gasteiger partial charge on any atom is -0.347 e. The van der Waals surface area contributed by atoms with Gasteiger partial charge in [0.25, 0.3) is 0 Å². The van der Waals surface area contributed by atoms with Gasteiger partial charge in [0.05, 0.1) is 13.2 Å². The molecule has 2 atom stereocenters. The number of hydrogen-bond acceptors (Lipinski definition) is 4. The molecule has 2 heterocycles. The van der Waals surface area contributed by atoms with Gasteiger partial charge in [-0.2, -0.15) is 0 Å². The van der Waals surface area contributed by atoms with Crippen molar-refractivity contribution in [2.45, 2.75) is 70.7 Å². The van der Waals surface area contributed by atoms with Crippen molar-refractivity contribution >= 4 is 0 Å². The molecule has 2 aliphatic heterocycles. The van der Waals surface area contributed by atoms with E-state index < -0.39 is 0 Å². The highest BCUT2D eigenvalue weighted by atomic mass is 16.7. The summed E-state index contributed by atoms with van der Waals surface area (Å²) in [5.74, 6) is -0.274. The summed E-state index contributed by atoms with van der Waals surface area (Å²) in [6.07, 6.45) is 5.85. The van der Waals surface area contributed by atoms with Crippen LogP contribution in [0.5, 0.6) is 0 Å². The highest BCUT2D eigenvalue weighted by molar-refractivity contribution is 4.98. The van der Waals surface area contributed by atoms with Crippen molar-refractivity contribution in [1.82, 2.24) is 10.2 Å². The molecular formula is C17H32N2O2. The van der Waals surface area contributed by atoms with E-state index in [4.69, 9.17) is 9.47 Å². The fourth-order valence-corrected chi connectivity index (χ4v) is 4.23. The largest absolute Gasteiger partial charge is 0.347 e. The third kappa shape index (κ3) is 3.44. The summed E-state index contributed by atoms with van der Waals surface area (Å²) in [7, 11) is 0. The lowest BCUT2D eigenvalue weighted by molar-refractivity contribution is -0.194. The van der Waals surface area contributed by atoms with Crippen molar-refractivity contribution < 1.29 is 9.47 Å². The Balaban J connectivity index is 1.68. The molecule has 2 saturated heterocycles. The first-order valence-electron chi connectivity index (χ1n) is 8.79. The van der Waals surface area contributed by atoms with E-state index in [1.165, 1.54) is 32.4 Å². The van der Waals surface area contributed by atoms with Crippen LogP contribution in [0.15, 0.2) is 0 Å². The van der Waals surface area contributed by atoms with Crippen molar-refractivity contribution in [3.63, 3.8) is 0 Å². The highest BCUT2D eigenvalue weighted by Gasteiger charge is 2.47. The van der Waals surface area contributed by atoms with Gasteiger partial charge in [0.1, 0.15) is 0 Å². The van der Waals surface area contributed by atoms with Crippen molar-refractivity contribution in [1.29, 1.82) is 0 Å². The van der Waals surface area contributed by atoms with Crippen LogP contribution in [0.2, 0.25) is 0 Å². The van der Waals surface area contributed by atoms with Gasteiger partial charge in [-0.3, -0.25) is 4.90 Å². The van der Waals surface area contributed by atoms with E-state index in [2.05, 4.69) is 31.0 Å². The lowest BCUT2D eigenvalue weighted by Crippen LogP contribution is -2.59. The molecule has 0 aromatic rings. The third-order valence-electron chi connectivity index (χ3n) is 5.72. The summed E-state index contributed by atoms with van der Waals surface area (Å²) in [5, 5.41) is 3.71. The van der Waals surface area contributed by atoms with Crippen molar-refractivity contribution in [2.24, 2.45) is 5.41 Å². The van der Waals surface area contributed by atoms with Gasteiger partial charge in [-0.25, -0.2) is 0 Å². The molecule has 1 aliphatic carbocycles. The second kappa shape index (κ2) is 6.15. The summed E-state index contributed by atoms with van der Waals surface area (Å²) in [5.41, 5.74) is 0.511. The van der Waals surface area contributed by atoms with Gasteiger partial charge in [-0.1, -0.05) is 20.8 Å². The Morgan fingerprint density at radius 3 is 2.38 bits per heavy atom. The Kier molecular flexibility index (Phi) is 4.60. The van der Waals surface area contributed by atoms with E-state index >= 15 is 0 Å². The van der Waals surface area contributed by atoms with Crippen LogP contribution in [0.25, 0.3) is 0 Å². The number of hydrogen-bond donors (Lipinski definition) is 1. The van der Waals surface area contributed by atoms with E-state index in [1.54, 1.807) is 0 Å². The normalized spacial score (nSPS) is 36.1. The SMILES string of the molecule is CCNC1CCC2(CC1N1CCC(C)(C)CC1)OCCO2. The summed E-state index contributed by atoms with van der Waals surface area (Å²) >= 11 is 0. The fourth-order valence-electron chi connectivity index (χ4n) is 4.23. The Bertz CT molecular complexity index is 343. The molecule has 3 rings (SSSR count). The molecule has 3 fully saturated rings. The second-order valence-corrected chi connectivity index (χ2v) is 7.78. The molecule has 21 heavy (non-hydrogen) atoms. The number of nitrogens with zero attached hydrogens (tertiary/aromatic N) is 1. The van der Waals surface area contributed by atoms with Gasteiger partial charge < -0.3 is 14.8 Å². The monoisotopic (exact) mass is 296 g/mol. The van der Waals surface area contributed by atoms with Gasteiger partial charge in [0, 0.05) is 24.9 Å². The predicted molar refractivity (Wildman–Crippen MR) is 84.3 cm³/mol. The molecule has 4 heteroatoms. The maximum absolute atomic E-state index is 5.99. The first-order chi connectivity index (χ1) is 10.0. The zero-order valence-electron chi connectivity index (χ0n) is 14.0. The molecule has 3 aliphatic rings. The lowest BCUT2D eigenvalue weighted by atomic mass is 9.79. The van der Waals surface area contributed by atoms with Crippen LogP contribution in [0.1, 0.15) is 52.9 Å². The van der Waals surface area contributed by atoms with E-state index in [0.717, 1.165) is 32.6 Å². The van der Waals surface area contributed by atoms with Crippen LogP contribution in [0.4, 0.5) is 0 Å². The molecule has 122 valence electrons. The molecular weight excluding hydrogens is 264 g/mol. The number of rotatable bonds is 3. The molecule has 1 N–H and O–H groups in total. The molecule has 0 amide bonds. The standard InChI is InChI=1S/C17H32N2O2/c1-4-18-14-5-6-17(20-11-12-21-17)13-15(14)19-9-7-16(2,3)8-10-19/h14-15,18H,4-13H2,1-3H3. The summed E-state index contributed by atoms with van der Waals surface area (Å²) in [4.78, 5) is 2.70. The molecule has 0 radical (unpaired) electrons. The Morgan fingerprint density at radius 1 is 1.10 bits per heavy atom. The maximum atomic E-state index is 5.99. The summed E-state index contributed by atoms with van der Waals surface area (Å²) in [6.45, 7) is 12.0. The highest BCUT2D eigenvalue weighted by Crippen LogP contribution is 2.40. The fraction of sp³-hybridized carbons (Fsp3) is 1.00. The van der Waals surface area contributed by atoms with Crippen LogP contribution in [-0.4, -0.2) is 55.6 Å². The second-order valence-electron chi connectivity index (χ2n) is 7.78. The smallest absolute Gasteiger partial charge is 0.170 e. The van der Waals surface area contributed by atoms with Gasteiger partial charge >= 0.3 is 0 Å². The van der Waals surface area contributed by atoms with Gasteiger partial charge in [0.2, 0.25) is 0 Å². The van der Waals surface area contributed by atoms with E-state index in [0.29, 0.717) is 17.5 Å². The van der Waals surface area contributed by atoms with Crippen LogP contribution < -0.4 is 5.32 Å².